The largest absolute Gasteiger partial charge is 0.449 e. The monoisotopic (exact) mass is 356 g/mol. The highest BCUT2D eigenvalue weighted by Crippen LogP contribution is 2.47. The second kappa shape index (κ2) is 6.36. The van der Waals surface area contributed by atoms with Crippen LogP contribution in [0, 0.1) is 0 Å². The normalized spacial score (nSPS) is 11.8. The molecule has 26 heavy (non-hydrogen) atoms. The molecule has 126 valence electrons. The van der Waals surface area contributed by atoms with Crippen molar-refractivity contribution in [3.05, 3.63) is 94.7 Å². The maximum atomic E-state index is 5.96. The lowest BCUT2D eigenvalue weighted by atomic mass is 10.00. The maximum absolute atomic E-state index is 5.96. The van der Waals surface area contributed by atoms with Gasteiger partial charge < -0.3 is 9.47 Å². The minimum absolute atomic E-state index is 0.777. The highest BCUT2D eigenvalue weighted by atomic mass is 32.1. The highest BCUT2D eigenvalue weighted by molar-refractivity contribution is 7.08. The molecule has 0 radical (unpaired) electrons. The van der Waals surface area contributed by atoms with Crippen LogP contribution in [0.15, 0.2) is 83.6 Å². The molecule has 0 atom stereocenters. The minimum atomic E-state index is 0.777. The fraction of sp³-hybridized carbons (Fsp3) is 0.0435. The molecule has 2 heterocycles. The molecule has 1 aliphatic rings. The van der Waals surface area contributed by atoms with Gasteiger partial charge in [-0.25, -0.2) is 0 Å². The van der Waals surface area contributed by atoms with Crippen LogP contribution in [0.3, 0.4) is 0 Å². The Balaban J connectivity index is 1.36. The lowest BCUT2D eigenvalue weighted by molar-refractivity contribution is 0.362. The van der Waals surface area contributed by atoms with Crippen LogP contribution in [-0.2, 0) is 6.42 Å². The van der Waals surface area contributed by atoms with E-state index in [2.05, 4.69) is 60.7 Å². The van der Waals surface area contributed by atoms with E-state index >= 15 is 0 Å². The van der Waals surface area contributed by atoms with Gasteiger partial charge >= 0.3 is 0 Å². The molecule has 0 N–H and O–H groups in total. The molecule has 3 heteroatoms. The van der Waals surface area contributed by atoms with Gasteiger partial charge in [-0.2, -0.15) is 0 Å². The Morgan fingerprint density at radius 1 is 0.577 bits per heavy atom. The van der Waals surface area contributed by atoms with Gasteiger partial charge in [0.2, 0.25) is 0 Å². The summed E-state index contributed by atoms with van der Waals surface area (Å²) in [6.07, 6.45) is 0.863. The van der Waals surface area contributed by atoms with Crippen molar-refractivity contribution >= 4 is 11.3 Å². The smallest absolute Gasteiger partial charge is 0.180 e. The van der Waals surface area contributed by atoms with Crippen molar-refractivity contribution in [1.29, 1.82) is 0 Å². The number of rotatable bonds is 3. The molecule has 4 aromatic rings. The molecule has 0 saturated heterocycles. The molecule has 0 fully saturated rings. The maximum Gasteiger partial charge on any atom is 0.180 e. The van der Waals surface area contributed by atoms with Gasteiger partial charge in [-0.3, -0.25) is 0 Å². The number of benzene rings is 3. The van der Waals surface area contributed by atoms with E-state index in [0.717, 1.165) is 29.4 Å². The number of hydrogen-bond acceptors (Lipinski definition) is 3. The van der Waals surface area contributed by atoms with Crippen molar-refractivity contribution in [2.45, 2.75) is 6.42 Å². The quantitative estimate of drug-likeness (QED) is 0.350. The Kier molecular flexibility index (Phi) is 3.72. The van der Waals surface area contributed by atoms with Crippen molar-refractivity contribution in [3.8, 4) is 34.1 Å². The van der Waals surface area contributed by atoms with Crippen LogP contribution in [0.4, 0.5) is 0 Å². The lowest BCUT2D eigenvalue weighted by Crippen LogP contribution is -1.98. The van der Waals surface area contributed by atoms with Crippen LogP contribution in [-0.4, -0.2) is 0 Å². The zero-order valence-electron chi connectivity index (χ0n) is 14.0. The molecule has 2 nitrogen and oxygen atoms in total. The van der Waals surface area contributed by atoms with Crippen LogP contribution in [0.25, 0.3) is 11.1 Å². The summed E-state index contributed by atoms with van der Waals surface area (Å²) in [7, 11) is 0. The third-order valence-electron chi connectivity index (χ3n) is 4.51. The summed E-state index contributed by atoms with van der Waals surface area (Å²) in [5, 5.41) is 3.92. The van der Waals surface area contributed by atoms with E-state index in [4.69, 9.17) is 9.47 Å². The summed E-state index contributed by atoms with van der Waals surface area (Å²) >= 11 is 1.58. The molecular formula is C23H16O2S. The summed E-state index contributed by atoms with van der Waals surface area (Å²) in [6.45, 7) is 0. The average molecular weight is 356 g/mol. The SMILES string of the molecule is c1ccc(-c2ccc(Cc3ccc4c(c3)Oc3cscc3O4)cc2)cc1. The van der Waals surface area contributed by atoms with Gasteiger partial charge in [0.25, 0.3) is 0 Å². The number of thiophene rings is 1. The molecule has 1 aliphatic heterocycles. The Labute approximate surface area is 156 Å². The van der Waals surface area contributed by atoms with Crippen molar-refractivity contribution < 1.29 is 9.47 Å². The first-order valence-electron chi connectivity index (χ1n) is 8.54. The molecule has 0 aliphatic carbocycles. The third-order valence-corrected chi connectivity index (χ3v) is 5.21. The highest BCUT2D eigenvalue weighted by Gasteiger charge is 2.19. The van der Waals surface area contributed by atoms with Crippen LogP contribution in [0.5, 0.6) is 23.0 Å². The minimum Gasteiger partial charge on any atom is -0.449 e. The summed E-state index contributed by atoms with van der Waals surface area (Å²) in [5.74, 6) is 3.16. The lowest BCUT2D eigenvalue weighted by Gasteiger charge is -2.18. The molecule has 0 amide bonds. The van der Waals surface area contributed by atoms with Gasteiger partial charge in [0.15, 0.2) is 23.0 Å². The van der Waals surface area contributed by atoms with E-state index in [9.17, 15) is 0 Å². The van der Waals surface area contributed by atoms with E-state index in [1.165, 1.54) is 22.3 Å². The van der Waals surface area contributed by atoms with Gasteiger partial charge in [-0.1, -0.05) is 60.7 Å². The first-order chi connectivity index (χ1) is 12.8. The van der Waals surface area contributed by atoms with Gasteiger partial charge in [0.1, 0.15) is 0 Å². The fourth-order valence-corrected chi connectivity index (χ4v) is 3.81. The topological polar surface area (TPSA) is 18.5 Å². The summed E-state index contributed by atoms with van der Waals surface area (Å²) in [4.78, 5) is 0. The van der Waals surface area contributed by atoms with Crippen molar-refractivity contribution in [1.82, 2.24) is 0 Å². The van der Waals surface area contributed by atoms with Crippen LogP contribution >= 0.6 is 11.3 Å². The first kappa shape index (κ1) is 15.2. The standard InChI is InChI=1S/C23H16O2S/c1-2-4-18(5-3-1)19-9-6-16(7-10-19)12-17-8-11-20-21(13-17)25-23-15-26-14-22(23)24-20/h1-11,13-15H,12H2. The number of ether oxygens (including phenoxy) is 2. The van der Waals surface area contributed by atoms with Crippen molar-refractivity contribution in [3.63, 3.8) is 0 Å². The van der Waals surface area contributed by atoms with Gasteiger partial charge in [0, 0.05) is 10.8 Å². The molecule has 1 aromatic heterocycles. The van der Waals surface area contributed by atoms with E-state index in [1.807, 2.05) is 22.9 Å². The predicted molar refractivity (Wildman–Crippen MR) is 106 cm³/mol. The van der Waals surface area contributed by atoms with Crippen LogP contribution in [0.1, 0.15) is 11.1 Å². The van der Waals surface area contributed by atoms with Crippen molar-refractivity contribution in [2.75, 3.05) is 0 Å². The van der Waals surface area contributed by atoms with E-state index in [-0.39, 0.29) is 0 Å². The zero-order valence-corrected chi connectivity index (χ0v) is 14.8. The molecule has 0 saturated carbocycles. The average Bonchev–Trinajstić information content (AvgIpc) is 3.15. The van der Waals surface area contributed by atoms with E-state index in [0.29, 0.717) is 0 Å². The summed E-state index contributed by atoms with van der Waals surface area (Å²) < 4.78 is 11.8. The molecule has 0 spiro atoms. The molecule has 0 bridgehead atoms. The number of fused-ring (bicyclic) bond motifs is 2. The van der Waals surface area contributed by atoms with Gasteiger partial charge in [-0.05, 0) is 40.8 Å². The number of hydrogen-bond donors (Lipinski definition) is 0. The Bertz CT molecular complexity index is 1050. The van der Waals surface area contributed by atoms with E-state index < -0.39 is 0 Å². The van der Waals surface area contributed by atoms with Gasteiger partial charge in [-0.15, -0.1) is 11.3 Å². The molecule has 3 aromatic carbocycles. The van der Waals surface area contributed by atoms with E-state index in [1.54, 1.807) is 11.3 Å². The van der Waals surface area contributed by atoms with Crippen LogP contribution in [0.2, 0.25) is 0 Å². The molecule has 5 rings (SSSR count). The van der Waals surface area contributed by atoms with Gasteiger partial charge in [0.05, 0.1) is 0 Å². The van der Waals surface area contributed by atoms with Crippen molar-refractivity contribution in [2.24, 2.45) is 0 Å². The Morgan fingerprint density at radius 2 is 1.23 bits per heavy atom. The predicted octanol–water partition coefficient (Wildman–Crippen LogP) is 6.90. The second-order valence-electron chi connectivity index (χ2n) is 6.33. The second-order valence-corrected chi connectivity index (χ2v) is 7.07. The Hall–Kier alpha value is -3.04. The zero-order chi connectivity index (χ0) is 17.3. The third kappa shape index (κ3) is 2.87. The summed E-state index contributed by atoms with van der Waals surface area (Å²) in [5.41, 5.74) is 4.96. The summed E-state index contributed by atoms with van der Waals surface area (Å²) in [6, 6.07) is 25.3. The first-order valence-corrected chi connectivity index (χ1v) is 9.49. The molecular weight excluding hydrogens is 340 g/mol. The fourth-order valence-electron chi connectivity index (χ4n) is 3.17. The molecule has 0 unspecified atom stereocenters. The van der Waals surface area contributed by atoms with Crippen LogP contribution < -0.4 is 9.47 Å². The Morgan fingerprint density at radius 3 is 2.00 bits per heavy atom.